The van der Waals surface area contributed by atoms with Crippen molar-refractivity contribution in [1.29, 1.82) is 0 Å². The third-order valence-electron chi connectivity index (χ3n) is 5.95. The smallest absolute Gasteiger partial charge is 0.306 e. The predicted octanol–water partition coefficient (Wildman–Crippen LogP) is 1.84. The molecule has 2 aliphatic rings. The van der Waals surface area contributed by atoms with E-state index in [1.807, 2.05) is 0 Å². The van der Waals surface area contributed by atoms with Crippen molar-refractivity contribution in [3.05, 3.63) is 23.8 Å². The van der Waals surface area contributed by atoms with Crippen LogP contribution in [0, 0.1) is 11.8 Å². The maximum Gasteiger partial charge on any atom is 0.306 e. The number of hydrogen-bond donors (Lipinski definition) is 3. The van der Waals surface area contributed by atoms with Gasteiger partial charge in [0.1, 0.15) is 10.6 Å². The van der Waals surface area contributed by atoms with Crippen molar-refractivity contribution in [2.45, 2.75) is 49.5 Å². The minimum absolute atomic E-state index is 0.0127. The van der Waals surface area contributed by atoms with Crippen LogP contribution >= 0.6 is 0 Å². The molecule has 30 heavy (non-hydrogen) atoms. The molecule has 8 nitrogen and oxygen atoms in total. The molecule has 3 rings (SSSR count). The first-order valence-corrected chi connectivity index (χ1v) is 12.3. The van der Waals surface area contributed by atoms with Crippen LogP contribution in [0.4, 0.5) is 0 Å². The summed E-state index contributed by atoms with van der Waals surface area (Å²) < 4.78 is 30.4. The zero-order chi connectivity index (χ0) is 21.7. The molecular weight excluding hydrogens is 408 g/mol. The number of carboxylic acids is 1. The van der Waals surface area contributed by atoms with E-state index in [1.165, 1.54) is 6.07 Å². The number of hydrogen-bond acceptors (Lipinski definition) is 6. The van der Waals surface area contributed by atoms with Gasteiger partial charge in [0.2, 0.25) is 0 Å². The van der Waals surface area contributed by atoms with Gasteiger partial charge in [-0.25, -0.2) is 8.42 Å². The van der Waals surface area contributed by atoms with Gasteiger partial charge in [0, 0.05) is 17.9 Å². The highest BCUT2D eigenvalue weighted by Crippen LogP contribution is 2.28. The summed E-state index contributed by atoms with van der Waals surface area (Å²) in [6, 6.07) is 4.38. The molecule has 0 atom stereocenters. The molecule has 1 aliphatic heterocycles. The van der Waals surface area contributed by atoms with E-state index in [4.69, 9.17) is 9.84 Å². The topological polar surface area (TPSA) is 122 Å². The van der Waals surface area contributed by atoms with Crippen LogP contribution in [0.15, 0.2) is 23.1 Å². The first-order chi connectivity index (χ1) is 14.2. The first kappa shape index (κ1) is 22.6. The number of sulfone groups is 1. The highest BCUT2D eigenvalue weighted by Gasteiger charge is 2.27. The molecule has 1 aliphatic carbocycles. The van der Waals surface area contributed by atoms with Crippen LogP contribution in [0.3, 0.4) is 0 Å². The van der Waals surface area contributed by atoms with Crippen molar-refractivity contribution in [2.24, 2.45) is 11.8 Å². The number of nitrogens with one attached hydrogen (secondary N) is 2. The number of carboxylic acid groups (broad SMARTS) is 1. The maximum absolute atomic E-state index is 12.7. The summed E-state index contributed by atoms with van der Waals surface area (Å²) in [5, 5.41) is 15.3. The molecule has 3 N–H and O–H groups in total. The van der Waals surface area contributed by atoms with Gasteiger partial charge < -0.3 is 20.5 Å². The van der Waals surface area contributed by atoms with Crippen LogP contribution < -0.4 is 15.4 Å². The molecule has 0 unspecified atom stereocenters. The molecule has 1 saturated carbocycles. The second-order valence-electron chi connectivity index (χ2n) is 8.30. The van der Waals surface area contributed by atoms with Gasteiger partial charge in [0.25, 0.3) is 5.91 Å². The number of rotatable bonds is 7. The monoisotopic (exact) mass is 438 g/mol. The Morgan fingerprint density at radius 3 is 2.40 bits per heavy atom. The quantitative estimate of drug-likeness (QED) is 0.594. The van der Waals surface area contributed by atoms with Crippen molar-refractivity contribution >= 4 is 21.7 Å². The van der Waals surface area contributed by atoms with E-state index in [9.17, 15) is 18.0 Å². The minimum Gasteiger partial charge on any atom is -0.492 e. The Morgan fingerprint density at radius 1 is 1.13 bits per heavy atom. The lowest BCUT2D eigenvalue weighted by molar-refractivity contribution is -0.142. The SMILES string of the molecule is CS(=O)(=O)c1cc(C(=O)NC2CCC(C(=O)O)CC2)ccc1OCC1CCNCC1. The number of piperidine rings is 1. The molecule has 2 fully saturated rings. The Labute approximate surface area is 177 Å². The van der Waals surface area contributed by atoms with Gasteiger partial charge in [0.15, 0.2) is 9.84 Å². The van der Waals surface area contributed by atoms with Crippen molar-refractivity contribution in [1.82, 2.24) is 10.6 Å². The number of amides is 1. The molecule has 1 amide bonds. The van der Waals surface area contributed by atoms with Crippen LogP contribution in [0.5, 0.6) is 5.75 Å². The van der Waals surface area contributed by atoms with Crippen LogP contribution in [0.25, 0.3) is 0 Å². The van der Waals surface area contributed by atoms with E-state index in [0.717, 1.165) is 32.2 Å². The summed E-state index contributed by atoms with van der Waals surface area (Å²) in [6.07, 6.45) is 5.32. The van der Waals surface area contributed by atoms with Gasteiger partial charge >= 0.3 is 5.97 Å². The van der Waals surface area contributed by atoms with Crippen LogP contribution in [0.2, 0.25) is 0 Å². The molecule has 0 bridgehead atoms. The summed E-state index contributed by atoms with van der Waals surface area (Å²) in [6.45, 7) is 2.31. The van der Waals surface area contributed by atoms with Gasteiger partial charge in [-0.3, -0.25) is 9.59 Å². The summed E-state index contributed by atoms with van der Waals surface area (Å²) in [4.78, 5) is 23.7. The van der Waals surface area contributed by atoms with Crippen LogP contribution in [-0.2, 0) is 14.6 Å². The zero-order valence-corrected chi connectivity index (χ0v) is 18.0. The largest absolute Gasteiger partial charge is 0.492 e. The Morgan fingerprint density at radius 2 is 1.80 bits per heavy atom. The molecule has 9 heteroatoms. The lowest BCUT2D eigenvalue weighted by atomic mass is 9.86. The molecule has 1 heterocycles. The first-order valence-electron chi connectivity index (χ1n) is 10.5. The zero-order valence-electron chi connectivity index (χ0n) is 17.2. The number of benzene rings is 1. The average molecular weight is 439 g/mol. The highest BCUT2D eigenvalue weighted by atomic mass is 32.2. The highest BCUT2D eigenvalue weighted by molar-refractivity contribution is 7.90. The van der Waals surface area contributed by atoms with Crippen molar-refractivity contribution in [2.75, 3.05) is 26.0 Å². The lowest BCUT2D eigenvalue weighted by Crippen LogP contribution is -2.38. The number of aliphatic carboxylic acids is 1. The van der Waals surface area contributed by atoms with Gasteiger partial charge in [-0.15, -0.1) is 0 Å². The van der Waals surface area contributed by atoms with Gasteiger partial charge in [-0.1, -0.05) is 0 Å². The van der Waals surface area contributed by atoms with Crippen molar-refractivity contribution in [3.8, 4) is 5.75 Å². The third kappa shape index (κ3) is 5.95. The maximum atomic E-state index is 12.7. The standard InChI is InChI=1S/C21H30N2O6S/c1-30(27,28)19-12-16(4-7-18(19)29-13-14-8-10-22-11-9-14)20(24)23-17-5-2-15(3-6-17)21(25)26/h4,7,12,14-15,17,22H,2-3,5-6,8-11,13H2,1H3,(H,23,24)(H,25,26). The number of carbonyl (C=O) groups is 2. The molecule has 1 aromatic carbocycles. The van der Waals surface area contributed by atoms with Crippen molar-refractivity contribution < 1.29 is 27.9 Å². The average Bonchev–Trinajstić information content (AvgIpc) is 2.72. The molecule has 0 radical (unpaired) electrons. The fourth-order valence-corrected chi connectivity index (χ4v) is 4.90. The Bertz CT molecular complexity index is 871. The van der Waals surface area contributed by atoms with Crippen LogP contribution in [-0.4, -0.2) is 57.4 Å². The second kappa shape index (κ2) is 9.78. The van der Waals surface area contributed by atoms with Gasteiger partial charge in [0.05, 0.1) is 12.5 Å². The summed E-state index contributed by atoms with van der Waals surface area (Å²) >= 11 is 0. The normalized spacial score (nSPS) is 23.0. The molecule has 1 saturated heterocycles. The molecule has 166 valence electrons. The van der Waals surface area contributed by atoms with E-state index >= 15 is 0 Å². The van der Waals surface area contributed by atoms with Gasteiger partial charge in [-0.2, -0.15) is 0 Å². The Kier molecular flexibility index (Phi) is 7.36. The van der Waals surface area contributed by atoms with Crippen molar-refractivity contribution in [3.63, 3.8) is 0 Å². The molecule has 0 spiro atoms. The van der Waals surface area contributed by atoms with E-state index in [2.05, 4.69) is 10.6 Å². The fraction of sp³-hybridized carbons (Fsp3) is 0.619. The van der Waals surface area contributed by atoms with E-state index in [0.29, 0.717) is 38.2 Å². The fourth-order valence-electron chi connectivity index (χ4n) is 4.07. The lowest BCUT2D eigenvalue weighted by Gasteiger charge is -2.27. The van der Waals surface area contributed by atoms with E-state index < -0.39 is 15.8 Å². The Balaban J connectivity index is 1.66. The second-order valence-corrected chi connectivity index (χ2v) is 10.3. The van der Waals surface area contributed by atoms with Crippen LogP contribution in [0.1, 0.15) is 48.9 Å². The predicted molar refractivity (Wildman–Crippen MR) is 111 cm³/mol. The van der Waals surface area contributed by atoms with E-state index in [-0.39, 0.29) is 34.1 Å². The third-order valence-corrected chi connectivity index (χ3v) is 7.07. The Hall–Kier alpha value is -2.13. The number of carbonyl (C=O) groups excluding carboxylic acids is 1. The van der Waals surface area contributed by atoms with Gasteiger partial charge in [-0.05, 0) is 75.7 Å². The summed E-state index contributed by atoms with van der Waals surface area (Å²) in [5.41, 5.74) is 0.255. The number of ether oxygens (including phenoxy) is 1. The molecule has 1 aromatic rings. The molecular formula is C21H30N2O6S. The summed E-state index contributed by atoms with van der Waals surface area (Å²) in [5.74, 6) is -0.857. The van der Waals surface area contributed by atoms with E-state index in [1.54, 1.807) is 12.1 Å². The molecule has 0 aromatic heterocycles. The summed E-state index contributed by atoms with van der Waals surface area (Å²) in [7, 11) is -3.57. The minimum atomic E-state index is -3.57.